The van der Waals surface area contributed by atoms with E-state index < -0.39 is 10.0 Å². The monoisotopic (exact) mass is 286 g/mol. The van der Waals surface area contributed by atoms with Gasteiger partial charge in [0, 0.05) is 13.7 Å². The van der Waals surface area contributed by atoms with E-state index in [1.165, 1.54) is 6.07 Å². The highest BCUT2D eigenvalue weighted by molar-refractivity contribution is 7.89. The minimum Gasteiger partial charge on any atom is -0.447 e. The molecule has 1 aromatic rings. The lowest BCUT2D eigenvalue weighted by atomic mass is 10.4. The van der Waals surface area contributed by atoms with Crippen LogP contribution in [0.3, 0.4) is 0 Å². The normalized spacial score (nSPS) is 11.1. The van der Waals surface area contributed by atoms with Crippen LogP contribution < -0.4 is 10.0 Å². The van der Waals surface area contributed by atoms with Crippen LogP contribution in [0.4, 0.5) is 0 Å². The molecule has 7 heteroatoms. The van der Waals surface area contributed by atoms with Crippen LogP contribution in [-0.2, 0) is 21.3 Å². The fourth-order valence-electron chi connectivity index (χ4n) is 1.27. The van der Waals surface area contributed by atoms with E-state index in [-0.39, 0.29) is 11.6 Å². The predicted octanol–water partition coefficient (Wildman–Crippen LogP) is 0.317. The average molecular weight is 286 g/mol. The van der Waals surface area contributed by atoms with Crippen molar-refractivity contribution in [2.75, 3.05) is 26.8 Å². The van der Waals surface area contributed by atoms with Crippen LogP contribution in [0.25, 0.3) is 0 Å². The molecule has 0 atom stereocenters. The molecule has 0 aromatic carbocycles. The molecular weight excluding hydrogens is 268 g/mol. The number of nitrogens with one attached hydrogen (secondary N) is 2. The number of hydrogen-bond donors (Lipinski definition) is 2. The van der Waals surface area contributed by atoms with Crippen molar-refractivity contribution in [3.63, 3.8) is 0 Å². The van der Waals surface area contributed by atoms with Crippen LogP contribution in [0.2, 0.25) is 0 Å². The molecule has 1 aromatic heterocycles. The number of ether oxygens (including phenoxy) is 1. The van der Waals surface area contributed by atoms with E-state index in [1.807, 2.05) is 0 Å². The molecule has 1 heterocycles. The van der Waals surface area contributed by atoms with Gasteiger partial charge >= 0.3 is 0 Å². The number of rotatable bonds is 8. The van der Waals surface area contributed by atoms with Gasteiger partial charge in [-0.1, -0.05) is 5.92 Å². The minimum absolute atomic E-state index is 0.0704. The Morgan fingerprint density at radius 2 is 2.21 bits per heavy atom. The number of hydrogen-bond acceptors (Lipinski definition) is 5. The van der Waals surface area contributed by atoms with E-state index in [4.69, 9.17) is 9.15 Å². The van der Waals surface area contributed by atoms with Gasteiger partial charge < -0.3 is 14.5 Å². The van der Waals surface area contributed by atoms with Gasteiger partial charge in [-0.15, -0.1) is 5.92 Å². The summed E-state index contributed by atoms with van der Waals surface area (Å²) in [6, 6.07) is 3.05. The molecule has 0 spiro atoms. The quantitative estimate of drug-likeness (QED) is 0.531. The molecular formula is C12H18N2O4S. The maximum Gasteiger partial charge on any atom is 0.274 e. The van der Waals surface area contributed by atoms with Crippen molar-refractivity contribution >= 4 is 10.0 Å². The lowest BCUT2D eigenvalue weighted by molar-refractivity contribution is 0.198. The zero-order valence-electron chi connectivity index (χ0n) is 11.0. The fraction of sp³-hybridized carbons (Fsp3) is 0.500. The zero-order chi connectivity index (χ0) is 14.1. The molecule has 0 aliphatic heterocycles. The molecule has 1 rings (SSSR count). The van der Waals surface area contributed by atoms with Crippen molar-refractivity contribution in [3.8, 4) is 11.8 Å². The molecule has 0 bridgehead atoms. The summed E-state index contributed by atoms with van der Waals surface area (Å²) in [6.45, 7) is 3.42. The Morgan fingerprint density at radius 1 is 1.42 bits per heavy atom. The maximum absolute atomic E-state index is 11.8. The van der Waals surface area contributed by atoms with Crippen molar-refractivity contribution in [3.05, 3.63) is 17.9 Å². The molecule has 2 N–H and O–H groups in total. The Morgan fingerprint density at radius 3 is 2.89 bits per heavy atom. The third kappa shape index (κ3) is 5.44. The lowest BCUT2D eigenvalue weighted by Gasteiger charge is -2.02. The maximum atomic E-state index is 11.8. The summed E-state index contributed by atoms with van der Waals surface area (Å²) < 4.78 is 36.0. The predicted molar refractivity (Wildman–Crippen MR) is 70.9 cm³/mol. The van der Waals surface area contributed by atoms with Gasteiger partial charge in [0.15, 0.2) is 0 Å². The van der Waals surface area contributed by atoms with Crippen LogP contribution >= 0.6 is 0 Å². The molecule has 6 nitrogen and oxygen atoms in total. The minimum atomic E-state index is -3.62. The van der Waals surface area contributed by atoms with Gasteiger partial charge in [0.25, 0.3) is 10.0 Å². The number of sulfonamides is 1. The first-order valence-corrected chi connectivity index (χ1v) is 7.26. The van der Waals surface area contributed by atoms with Gasteiger partial charge in [0.2, 0.25) is 5.09 Å². The van der Waals surface area contributed by atoms with Gasteiger partial charge in [-0.3, -0.25) is 0 Å². The van der Waals surface area contributed by atoms with Crippen molar-refractivity contribution in [1.82, 2.24) is 10.0 Å². The van der Waals surface area contributed by atoms with E-state index in [2.05, 4.69) is 21.9 Å². The van der Waals surface area contributed by atoms with Crippen LogP contribution in [0.15, 0.2) is 21.6 Å². The first-order chi connectivity index (χ1) is 9.10. The summed E-state index contributed by atoms with van der Waals surface area (Å²) in [6.07, 6.45) is 0. The summed E-state index contributed by atoms with van der Waals surface area (Å²) in [5.41, 5.74) is 0. The first kappa shape index (κ1) is 15.7. The summed E-state index contributed by atoms with van der Waals surface area (Å²) >= 11 is 0. The van der Waals surface area contributed by atoms with Crippen LogP contribution in [-0.4, -0.2) is 35.2 Å². The largest absolute Gasteiger partial charge is 0.447 e. The van der Waals surface area contributed by atoms with Crippen molar-refractivity contribution in [2.24, 2.45) is 0 Å². The molecule has 0 aliphatic carbocycles. The molecule has 19 heavy (non-hydrogen) atoms. The lowest BCUT2D eigenvalue weighted by Crippen LogP contribution is -2.23. The fourth-order valence-corrected chi connectivity index (χ4v) is 2.14. The summed E-state index contributed by atoms with van der Waals surface area (Å²) in [5.74, 6) is 5.78. The Balaban J connectivity index is 2.54. The van der Waals surface area contributed by atoms with E-state index in [9.17, 15) is 8.42 Å². The van der Waals surface area contributed by atoms with Crippen LogP contribution in [0, 0.1) is 11.8 Å². The van der Waals surface area contributed by atoms with Gasteiger partial charge in [-0.25, -0.2) is 8.42 Å². The van der Waals surface area contributed by atoms with Gasteiger partial charge in [0.05, 0.1) is 19.7 Å². The Bertz CT molecular complexity index is 540. The second-order valence-electron chi connectivity index (χ2n) is 3.64. The van der Waals surface area contributed by atoms with Crippen LogP contribution in [0.5, 0.6) is 0 Å². The van der Waals surface area contributed by atoms with E-state index in [1.54, 1.807) is 20.1 Å². The molecule has 0 fully saturated rings. The average Bonchev–Trinajstić information content (AvgIpc) is 2.84. The third-order valence-electron chi connectivity index (χ3n) is 2.21. The summed E-state index contributed by atoms with van der Waals surface area (Å²) in [4.78, 5) is 0. The van der Waals surface area contributed by atoms with Gasteiger partial charge in [0.1, 0.15) is 5.76 Å². The van der Waals surface area contributed by atoms with E-state index in [0.717, 1.165) is 0 Å². The topological polar surface area (TPSA) is 80.6 Å². The third-order valence-corrected chi connectivity index (χ3v) is 3.48. The van der Waals surface area contributed by atoms with Crippen LogP contribution in [0.1, 0.15) is 12.7 Å². The molecule has 0 unspecified atom stereocenters. The second kappa shape index (κ2) is 7.96. The van der Waals surface area contributed by atoms with Crippen molar-refractivity contribution in [2.45, 2.75) is 18.6 Å². The highest BCUT2D eigenvalue weighted by Gasteiger charge is 2.17. The first-order valence-electron chi connectivity index (χ1n) is 5.78. The smallest absolute Gasteiger partial charge is 0.274 e. The summed E-state index contributed by atoms with van der Waals surface area (Å²) in [5, 5.41) is 2.96. The summed E-state index contributed by atoms with van der Waals surface area (Å²) in [7, 11) is -2.00. The van der Waals surface area contributed by atoms with E-state index >= 15 is 0 Å². The standard InChI is InChI=1S/C12H18N2O4S/c1-3-4-7-14-19(15,16)12-6-5-11(18-12)10-13-8-9-17-2/h5-6,13-14H,7-10H2,1-2H3. The molecule has 0 saturated carbocycles. The molecule has 0 aliphatic rings. The zero-order valence-corrected chi connectivity index (χ0v) is 11.8. The molecule has 0 radical (unpaired) electrons. The number of methoxy groups -OCH3 is 1. The highest BCUT2D eigenvalue weighted by atomic mass is 32.2. The Hall–Kier alpha value is -1.33. The van der Waals surface area contributed by atoms with Gasteiger partial charge in [-0.2, -0.15) is 4.72 Å². The van der Waals surface area contributed by atoms with Crippen molar-refractivity contribution < 1.29 is 17.6 Å². The highest BCUT2D eigenvalue weighted by Crippen LogP contribution is 2.13. The second-order valence-corrected chi connectivity index (χ2v) is 5.34. The molecule has 0 saturated heterocycles. The number of furan rings is 1. The van der Waals surface area contributed by atoms with Crippen molar-refractivity contribution in [1.29, 1.82) is 0 Å². The Labute approximate surface area is 113 Å². The Kier molecular flexibility index (Phi) is 6.59. The van der Waals surface area contributed by atoms with Gasteiger partial charge in [-0.05, 0) is 19.1 Å². The van der Waals surface area contributed by atoms with E-state index in [0.29, 0.717) is 25.5 Å². The molecule has 0 amide bonds. The SMILES string of the molecule is CC#CCNS(=O)(=O)c1ccc(CNCCOC)o1. The molecule has 106 valence electrons.